The molecule has 0 N–H and O–H groups in total. The molecule has 0 aromatic carbocycles. The Morgan fingerprint density at radius 1 is 1.45 bits per heavy atom. The Balaban J connectivity index is 4.08. The summed E-state index contributed by atoms with van der Waals surface area (Å²) in [5.41, 5.74) is 1.73. The van der Waals surface area contributed by atoms with E-state index >= 15 is 0 Å². The number of hydrogen-bond donors (Lipinski definition) is 0. The van der Waals surface area contributed by atoms with Crippen LogP contribution in [0.2, 0.25) is 0 Å². The molecular weight excluding hydrogens is 132 g/mol. The molecule has 1 atom stereocenters. The second kappa shape index (κ2) is 3.94. The molecule has 0 nitrogen and oxygen atoms in total. The van der Waals surface area contributed by atoms with E-state index < -0.39 is 0 Å². The molecule has 0 radical (unpaired) electrons. The average molecular weight is 154 g/mol. The van der Waals surface area contributed by atoms with Gasteiger partial charge in [-0.15, -0.1) is 6.58 Å². The molecule has 0 spiro atoms. The van der Waals surface area contributed by atoms with E-state index in [4.69, 9.17) is 0 Å². The van der Waals surface area contributed by atoms with Gasteiger partial charge in [-0.1, -0.05) is 39.7 Å². The van der Waals surface area contributed by atoms with Gasteiger partial charge in [-0.3, -0.25) is 0 Å². The summed E-state index contributed by atoms with van der Waals surface area (Å²) in [7, 11) is 0. The molecule has 66 valence electrons. The van der Waals surface area contributed by atoms with Gasteiger partial charge in [-0.2, -0.15) is 0 Å². The van der Waals surface area contributed by atoms with Crippen molar-refractivity contribution < 1.29 is 0 Å². The zero-order chi connectivity index (χ0) is 9.07. The van der Waals surface area contributed by atoms with Gasteiger partial charge in [0.25, 0.3) is 0 Å². The van der Waals surface area contributed by atoms with Crippen molar-refractivity contribution in [3.8, 4) is 0 Å². The molecule has 0 fully saturated rings. The highest BCUT2D eigenvalue weighted by molar-refractivity contribution is 4.95. The van der Waals surface area contributed by atoms with Crippen LogP contribution < -0.4 is 0 Å². The van der Waals surface area contributed by atoms with Gasteiger partial charge in [-0.25, -0.2) is 0 Å². The monoisotopic (exact) mass is 154 g/mol. The lowest BCUT2D eigenvalue weighted by molar-refractivity contribution is 0.223. The Hall–Kier alpha value is -0.260. The van der Waals surface area contributed by atoms with Crippen LogP contribution in [0.15, 0.2) is 12.2 Å². The average Bonchev–Trinajstić information content (AvgIpc) is 1.83. The molecule has 0 rings (SSSR count). The smallest absolute Gasteiger partial charge is 0.0272 e. The summed E-state index contributed by atoms with van der Waals surface area (Å²) in [5.74, 6) is 0.791. The lowest BCUT2D eigenvalue weighted by Gasteiger charge is -2.31. The highest BCUT2D eigenvalue weighted by atomic mass is 14.3. The maximum atomic E-state index is 3.96. The molecule has 0 aliphatic carbocycles. The molecule has 0 aromatic heterocycles. The molecule has 0 aliphatic rings. The SMILES string of the molecule is C=C(C)CC(C)(C)C(C)CC. The summed E-state index contributed by atoms with van der Waals surface area (Å²) in [6.07, 6.45) is 2.42. The van der Waals surface area contributed by atoms with E-state index in [-0.39, 0.29) is 0 Å². The molecule has 1 unspecified atom stereocenters. The zero-order valence-corrected chi connectivity index (χ0v) is 8.70. The fourth-order valence-electron chi connectivity index (χ4n) is 1.50. The summed E-state index contributed by atoms with van der Waals surface area (Å²) in [6.45, 7) is 15.3. The Labute approximate surface area is 71.7 Å². The van der Waals surface area contributed by atoms with Crippen molar-refractivity contribution >= 4 is 0 Å². The maximum Gasteiger partial charge on any atom is -0.0272 e. The lowest BCUT2D eigenvalue weighted by Crippen LogP contribution is -2.21. The summed E-state index contributed by atoms with van der Waals surface area (Å²) in [5, 5.41) is 0. The van der Waals surface area contributed by atoms with Gasteiger partial charge in [0.2, 0.25) is 0 Å². The van der Waals surface area contributed by atoms with Crippen molar-refractivity contribution in [2.24, 2.45) is 11.3 Å². The van der Waals surface area contributed by atoms with Gasteiger partial charge in [0.05, 0.1) is 0 Å². The summed E-state index contributed by atoms with van der Waals surface area (Å²) in [4.78, 5) is 0. The van der Waals surface area contributed by atoms with Crippen molar-refractivity contribution in [2.45, 2.75) is 47.5 Å². The summed E-state index contributed by atoms with van der Waals surface area (Å²) < 4.78 is 0. The fourth-order valence-corrected chi connectivity index (χ4v) is 1.50. The van der Waals surface area contributed by atoms with Gasteiger partial charge < -0.3 is 0 Å². The van der Waals surface area contributed by atoms with Crippen LogP contribution >= 0.6 is 0 Å². The Kier molecular flexibility index (Phi) is 3.85. The van der Waals surface area contributed by atoms with Gasteiger partial charge in [-0.05, 0) is 24.7 Å². The fraction of sp³-hybridized carbons (Fsp3) is 0.818. The molecule has 0 saturated carbocycles. The molecule has 11 heavy (non-hydrogen) atoms. The van der Waals surface area contributed by atoms with Gasteiger partial charge in [0.1, 0.15) is 0 Å². The number of rotatable bonds is 4. The van der Waals surface area contributed by atoms with Crippen molar-refractivity contribution in [2.75, 3.05) is 0 Å². The van der Waals surface area contributed by atoms with Crippen LogP contribution in [-0.2, 0) is 0 Å². The van der Waals surface area contributed by atoms with E-state index in [0.717, 1.165) is 12.3 Å². The first-order valence-corrected chi connectivity index (χ1v) is 4.54. The van der Waals surface area contributed by atoms with Gasteiger partial charge in [0.15, 0.2) is 0 Å². The number of hydrogen-bond acceptors (Lipinski definition) is 0. The topological polar surface area (TPSA) is 0 Å². The van der Waals surface area contributed by atoms with Crippen LogP contribution in [0, 0.1) is 11.3 Å². The largest absolute Gasteiger partial charge is 0.100 e. The summed E-state index contributed by atoms with van der Waals surface area (Å²) >= 11 is 0. The van der Waals surface area contributed by atoms with E-state index in [9.17, 15) is 0 Å². The maximum absolute atomic E-state index is 3.96. The first-order valence-electron chi connectivity index (χ1n) is 4.54. The molecule has 0 aliphatic heterocycles. The van der Waals surface area contributed by atoms with E-state index in [1.807, 2.05) is 0 Å². The van der Waals surface area contributed by atoms with E-state index in [1.54, 1.807) is 0 Å². The van der Waals surface area contributed by atoms with Crippen molar-refractivity contribution in [3.05, 3.63) is 12.2 Å². The number of allylic oxidation sites excluding steroid dienone is 1. The Morgan fingerprint density at radius 2 is 1.91 bits per heavy atom. The van der Waals surface area contributed by atoms with Gasteiger partial charge >= 0.3 is 0 Å². The van der Waals surface area contributed by atoms with Crippen LogP contribution in [0.25, 0.3) is 0 Å². The van der Waals surface area contributed by atoms with Crippen LogP contribution in [0.4, 0.5) is 0 Å². The normalized spacial score (nSPS) is 14.6. The van der Waals surface area contributed by atoms with Crippen LogP contribution in [0.3, 0.4) is 0 Å². The van der Waals surface area contributed by atoms with Crippen molar-refractivity contribution in [1.29, 1.82) is 0 Å². The first kappa shape index (κ1) is 10.7. The molecule has 0 aromatic rings. The molecule has 0 heterocycles. The molecule has 0 saturated heterocycles. The summed E-state index contributed by atoms with van der Waals surface area (Å²) in [6, 6.07) is 0. The van der Waals surface area contributed by atoms with Crippen molar-refractivity contribution in [3.63, 3.8) is 0 Å². The lowest BCUT2D eigenvalue weighted by atomic mass is 9.74. The molecular formula is C11H22. The second-order valence-corrected chi connectivity index (χ2v) is 4.43. The van der Waals surface area contributed by atoms with E-state index in [1.165, 1.54) is 12.0 Å². The first-order chi connectivity index (χ1) is 4.90. The highest BCUT2D eigenvalue weighted by Gasteiger charge is 2.23. The van der Waals surface area contributed by atoms with Crippen LogP contribution in [0.1, 0.15) is 47.5 Å². The minimum Gasteiger partial charge on any atom is -0.100 e. The molecule has 0 amide bonds. The highest BCUT2D eigenvalue weighted by Crippen LogP contribution is 2.34. The zero-order valence-electron chi connectivity index (χ0n) is 8.70. The van der Waals surface area contributed by atoms with Crippen LogP contribution in [0.5, 0.6) is 0 Å². The standard InChI is InChI=1S/C11H22/c1-7-10(4)11(5,6)8-9(2)3/h10H,2,7-8H2,1,3-6H3. The predicted octanol–water partition coefficient (Wildman–Crippen LogP) is 4.02. The third-order valence-electron chi connectivity index (χ3n) is 2.70. The van der Waals surface area contributed by atoms with E-state index in [0.29, 0.717) is 5.41 Å². The molecule has 0 heteroatoms. The second-order valence-electron chi connectivity index (χ2n) is 4.43. The van der Waals surface area contributed by atoms with Crippen molar-refractivity contribution in [1.82, 2.24) is 0 Å². The third kappa shape index (κ3) is 3.60. The quantitative estimate of drug-likeness (QED) is 0.536. The third-order valence-corrected chi connectivity index (χ3v) is 2.70. The van der Waals surface area contributed by atoms with Crippen LogP contribution in [-0.4, -0.2) is 0 Å². The van der Waals surface area contributed by atoms with E-state index in [2.05, 4.69) is 41.2 Å². The predicted molar refractivity (Wildman–Crippen MR) is 52.7 cm³/mol. The van der Waals surface area contributed by atoms with Gasteiger partial charge in [0, 0.05) is 0 Å². The Morgan fingerprint density at radius 3 is 2.18 bits per heavy atom. The minimum atomic E-state index is 0.431. The molecule has 0 bridgehead atoms. The minimum absolute atomic E-state index is 0.431. The Bertz CT molecular complexity index is 131.